The molecule has 24 heavy (non-hydrogen) atoms. The van der Waals surface area contributed by atoms with Crippen molar-refractivity contribution >= 4 is 18.4 Å². The third-order valence-electron chi connectivity index (χ3n) is 3.00. The minimum Gasteiger partial charge on any atom is -0.483 e. The number of ether oxygens (including phenoxy) is 2. The first kappa shape index (κ1) is 18.5. The highest BCUT2D eigenvalue weighted by Crippen LogP contribution is 2.32. The van der Waals surface area contributed by atoms with Crippen molar-refractivity contribution in [3.8, 4) is 11.5 Å². The van der Waals surface area contributed by atoms with Crippen molar-refractivity contribution in [1.82, 2.24) is 0 Å². The maximum absolute atomic E-state index is 13.2. The topological polar surface area (TPSA) is 35.5 Å². The van der Waals surface area contributed by atoms with Gasteiger partial charge in [-0.3, -0.25) is 0 Å². The first-order valence-electron chi connectivity index (χ1n) is 8.10. The third-order valence-corrected chi connectivity index (χ3v) is 4.61. The second-order valence-electron chi connectivity index (χ2n) is 7.66. The summed E-state index contributed by atoms with van der Waals surface area (Å²) in [6.45, 7) is 11.9. The molecular formula is C20H26O3P+. The summed E-state index contributed by atoms with van der Waals surface area (Å²) >= 11 is 0. The Bertz CT molecular complexity index is 663. The van der Waals surface area contributed by atoms with E-state index in [-0.39, 0.29) is 11.2 Å². The summed E-state index contributed by atoms with van der Waals surface area (Å²) in [6.07, 6.45) is 0. The SMILES string of the molecule is CC(C)(C)Oc1ccccc1[P+](=O)c1ccccc1OC(C)(C)C. The zero-order chi connectivity index (χ0) is 18.0. The molecule has 0 amide bonds. The second-order valence-corrected chi connectivity index (χ2v) is 9.21. The Hall–Kier alpha value is -1.86. The number of para-hydroxylation sites is 2. The molecule has 0 heterocycles. The molecule has 128 valence electrons. The summed E-state index contributed by atoms with van der Waals surface area (Å²) in [5, 5.41) is 1.37. The minimum absolute atomic E-state index is 0.353. The van der Waals surface area contributed by atoms with Crippen LogP contribution in [-0.4, -0.2) is 11.2 Å². The maximum atomic E-state index is 13.2. The van der Waals surface area contributed by atoms with Crippen molar-refractivity contribution in [2.45, 2.75) is 52.7 Å². The summed E-state index contributed by atoms with van der Waals surface area (Å²) in [5.41, 5.74) is -0.707. The molecule has 0 unspecified atom stereocenters. The molecule has 2 aromatic rings. The van der Waals surface area contributed by atoms with Crippen molar-refractivity contribution in [1.29, 1.82) is 0 Å². The van der Waals surface area contributed by atoms with E-state index >= 15 is 0 Å². The van der Waals surface area contributed by atoms with Gasteiger partial charge in [0.25, 0.3) is 0 Å². The van der Waals surface area contributed by atoms with Crippen LogP contribution in [0.2, 0.25) is 0 Å². The number of benzene rings is 2. The van der Waals surface area contributed by atoms with Gasteiger partial charge in [0.1, 0.15) is 11.2 Å². The molecule has 0 atom stereocenters. The average Bonchev–Trinajstić information content (AvgIpc) is 2.44. The van der Waals surface area contributed by atoms with Crippen LogP contribution in [0.3, 0.4) is 0 Å². The predicted octanol–water partition coefficient (Wildman–Crippen LogP) is 4.82. The largest absolute Gasteiger partial charge is 0.483 e. The van der Waals surface area contributed by atoms with Gasteiger partial charge in [0.2, 0.25) is 10.6 Å². The van der Waals surface area contributed by atoms with Gasteiger partial charge in [0.05, 0.1) is 0 Å². The Balaban J connectivity index is 2.44. The summed E-state index contributed by atoms with van der Waals surface area (Å²) in [7, 11) is -1.82. The third kappa shape index (κ3) is 5.07. The van der Waals surface area contributed by atoms with E-state index in [0.717, 1.165) is 0 Å². The fourth-order valence-corrected chi connectivity index (χ4v) is 3.56. The van der Waals surface area contributed by atoms with Gasteiger partial charge in [-0.15, -0.1) is 0 Å². The maximum Gasteiger partial charge on any atom is 0.423 e. The van der Waals surface area contributed by atoms with Crippen molar-refractivity contribution in [2.75, 3.05) is 0 Å². The van der Waals surface area contributed by atoms with Crippen molar-refractivity contribution < 1.29 is 14.0 Å². The molecular weight excluding hydrogens is 319 g/mol. The van der Waals surface area contributed by atoms with Crippen LogP contribution in [0.1, 0.15) is 41.5 Å². The molecule has 0 saturated carbocycles. The smallest absolute Gasteiger partial charge is 0.423 e. The van der Waals surface area contributed by atoms with Crippen LogP contribution in [0.5, 0.6) is 11.5 Å². The van der Waals surface area contributed by atoms with E-state index in [2.05, 4.69) is 0 Å². The molecule has 0 aromatic heterocycles. The summed E-state index contributed by atoms with van der Waals surface area (Å²) in [4.78, 5) is 0. The van der Waals surface area contributed by atoms with Gasteiger partial charge in [0, 0.05) is 0 Å². The van der Waals surface area contributed by atoms with Crippen molar-refractivity contribution in [3.63, 3.8) is 0 Å². The van der Waals surface area contributed by atoms with Crippen LogP contribution in [0.15, 0.2) is 48.5 Å². The predicted molar refractivity (Wildman–Crippen MR) is 101 cm³/mol. The standard InChI is InChI=1S/C20H26O3P/c1-19(2,3)22-15-11-7-9-13-17(15)24(21)18-14-10-8-12-16(18)23-20(4,5)6/h7-14H,1-6H3/q+1. The molecule has 2 rings (SSSR count). The molecule has 0 spiro atoms. The lowest BCUT2D eigenvalue weighted by molar-refractivity contribution is 0.132. The highest BCUT2D eigenvalue weighted by Gasteiger charge is 2.33. The van der Waals surface area contributed by atoms with E-state index in [1.54, 1.807) is 0 Å². The van der Waals surface area contributed by atoms with E-state index in [1.165, 1.54) is 0 Å². The van der Waals surface area contributed by atoms with Crippen LogP contribution in [0.25, 0.3) is 0 Å². The molecule has 0 N–H and O–H groups in total. The van der Waals surface area contributed by atoms with E-state index in [4.69, 9.17) is 9.47 Å². The van der Waals surface area contributed by atoms with Gasteiger partial charge in [0.15, 0.2) is 11.5 Å². The lowest BCUT2D eigenvalue weighted by Crippen LogP contribution is -2.27. The number of rotatable bonds is 4. The van der Waals surface area contributed by atoms with E-state index in [1.807, 2.05) is 90.1 Å². The van der Waals surface area contributed by atoms with Gasteiger partial charge in [-0.25, -0.2) is 0 Å². The zero-order valence-corrected chi connectivity index (χ0v) is 16.2. The molecule has 0 saturated heterocycles. The van der Waals surface area contributed by atoms with Crippen LogP contribution in [0.4, 0.5) is 0 Å². The molecule has 0 aliphatic carbocycles. The van der Waals surface area contributed by atoms with Crippen LogP contribution in [-0.2, 0) is 4.57 Å². The fourth-order valence-electron chi connectivity index (χ4n) is 2.21. The van der Waals surface area contributed by atoms with E-state index in [0.29, 0.717) is 22.1 Å². The van der Waals surface area contributed by atoms with E-state index in [9.17, 15) is 4.57 Å². The second kappa shape index (κ2) is 6.94. The Kier molecular flexibility index (Phi) is 5.35. The van der Waals surface area contributed by atoms with Crippen LogP contribution in [0, 0.1) is 0 Å². The van der Waals surface area contributed by atoms with Gasteiger partial charge >= 0.3 is 7.80 Å². The highest BCUT2D eigenvalue weighted by molar-refractivity contribution is 7.62. The lowest BCUT2D eigenvalue weighted by atomic mass is 10.2. The van der Waals surface area contributed by atoms with Gasteiger partial charge in [-0.1, -0.05) is 28.8 Å². The fraction of sp³-hybridized carbons (Fsp3) is 0.400. The summed E-state index contributed by atoms with van der Waals surface area (Å²) in [5.74, 6) is 1.30. The van der Waals surface area contributed by atoms with Crippen molar-refractivity contribution in [3.05, 3.63) is 48.5 Å². The molecule has 0 fully saturated rings. The van der Waals surface area contributed by atoms with Crippen molar-refractivity contribution in [2.24, 2.45) is 0 Å². The van der Waals surface area contributed by atoms with Crippen LogP contribution >= 0.6 is 7.80 Å². The molecule has 0 aliphatic rings. The molecule has 3 nitrogen and oxygen atoms in total. The molecule has 0 aliphatic heterocycles. The monoisotopic (exact) mass is 345 g/mol. The Morgan fingerprint density at radius 3 is 1.33 bits per heavy atom. The lowest BCUT2D eigenvalue weighted by Gasteiger charge is -2.22. The minimum atomic E-state index is -1.82. The average molecular weight is 345 g/mol. The van der Waals surface area contributed by atoms with Crippen LogP contribution < -0.4 is 20.1 Å². The Labute approximate surface area is 145 Å². The normalized spacial score (nSPS) is 11.9. The first-order chi connectivity index (χ1) is 11.1. The molecule has 0 radical (unpaired) electrons. The number of hydrogen-bond donors (Lipinski definition) is 0. The molecule has 0 bridgehead atoms. The van der Waals surface area contributed by atoms with Gasteiger partial charge in [-0.2, -0.15) is 0 Å². The quantitative estimate of drug-likeness (QED) is 0.745. The van der Waals surface area contributed by atoms with E-state index < -0.39 is 7.80 Å². The zero-order valence-electron chi connectivity index (χ0n) is 15.3. The molecule has 2 aromatic carbocycles. The Morgan fingerprint density at radius 1 is 0.667 bits per heavy atom. The summed E-state index contributed by atoms with van der Waals surface area (Å²) in [6, 6.07) is 15.0. The first-order valence-corrected chi connectivity index (χ1v) is 9.36. The Morgan fingerprint density at radius 2 is 1.00 bits per heavy atom. The van der Waals surface area contributed by atoms with Gasteiger partial charge < -0.3 is 9.47 Å². The summed E-state index contributed by atoms with van der Waals surface area (Å²) < 4.78 is 25.2. The molecule has 4 heteroatoms. The number of hydrogen-bond acceptors (Lipinski definition) is 3. The van der Waals surface area contributed by atoms with Gasteiger partial charge in [-0.05, 0) is 65.8 Å². The highest BCUT2D eigenvalue weighted by atomic mass is 31.1.